The average Bonchev–Trinajstić information content (AvgIpc) is 2.29. The van der Waals surface area contributed by atoms with Crippen LogP contribution in [-0.2, 0) is 9.53 Å². The van der Waals surface area contributed by atoms with E-state index in [-0.39, 0.29) is 12.0 Å². The molecule has 1 aromatic rings. The molecule has 0 saturated heterocycles. The Morgan fingerprint density at radius 2 is 2.31 bits per heavy atom. The summed E-state index contributed by atoms with van der Waals surface area (Å²) in [5.41, 5.74) is 0. The molecule has 0 radical (unpaired) electrons. The summed E-state index contributed by atoms with van der Waals surface area (Å²) in [5.74, 6) is 0.292. The van der Waals surface area contributed by atoms with Crippen molar-refractivity contribution in [3.05, 3.63) is 17.5 Å². The number of anilines is 1. The molecule has 0 spiro atoms. The Balaban J connectivity index is 2.37. The zero-order chi connectivity index (χ0) is 12.0. The van der Waals surface area contributed by atoms with Gasteiger partial charge in [-0.05, 0) is 13.3 Å². The molecule has 0 bridgehead atoms. The van der Waals surface area contributed by atoms with Crippen molar-refractivity contribution in [2.45, 2.75) is 25.9 Å². The second-order valence-electron chi connectivity index (χ2n) is 3.36. The molecule has 6 heteroatoms. The van der Waals surface area contributed by atoms with Gasteiger partial charge in [0.1, 0.15) is 5.15 Å². The van der Waals surface area contributed by atoms with Gasteiger partial charge in [0.15, 0.2) is 5.82 Å². The van der Waals surface area contributed by atoms with E-state index in [4.69, 9.17) is 16.3 Å². The van der Waals surface area contributed by atoms with Gasteiger partial charge in [-0.15, -0.1) is 0 Å². The fourth-order valence-electron chi connectivity index (χ4n) is 1.03. The Labute approximate surface area is 99.2 Å². The maximum Gasteiger partial charge on any atom is 0.225 e. The van der Waals surface area contributed by atoms with Gasteiger partial charge in [-0.2, -0.15) is 0 Å². The predicted molar refractivity (Wildman–Crippen MR) is 61.4 cm³/mol. The van der Waals surface area contributed by atoms with E-state index in [1.54, 1.807) is 7.11 Å². The number of nitrogens with zero attached hydrogens (tertiary/aromatic N) is 2. The number of nitrogens with one attached hydrogen (secondary N) is 1. The predicted octanol–water partition coefficient (Wildman–Crippen LogP) is 1.88. The van der Waals surface area contributed by atoms with Gasteiger partial charge in [-0.3, -0.25) is 4.79 Å². The molecule has 0 saturated carbocycles. The highest BCUT2D eigenvalue weighted by molar-refractivity contribution is 6.29. The van der Waals surface area contributed by atoms with Crippen molar-refractivity contribution in [1.29, 1.82) is 0 Å². The Bertz CT molecular complexity index is 342. The van der Waals surface area contributed by atoms with Crippen molar-refractivity contribution in [2.24, 2.45) is 0 Å². The van der Waals surface area contributed by atoms with Crippen LogP contribution in [0.3, 0.4) is 0 Å². The van der Waals surface area contributed by atoms with E-state index in [2.05, 4.69) is 15.3 Å². The fraction of sp³-hybridized carbons (Fsp3) is 0.500. The maximum absolute atomic E-state index is 11.5. The van der Waals surface area contributed by atoms with Crippen LogP contribution in [0.1, 0.15) is 19.8 Å². The van der Waals surface area contributed by atoms with Crippen molar-refractivity contribution >= 4 is 23.3 Å². The molecule has 0 aliphatic heterocycles. The summed E-state index contributed by atoms with van der Waals surface area (Å²) < 4.78 is 5.04. The fourth-order valence-corrected chi connectivity index (χ4v) is 1.13. The second-order valence-corrected chi connectivity index (χ2v) is 3.74. The zero-order valence-corrected chi connectivity index (χ0v) is 9.99. The molecule has 0 aliphatic rings. The first kappa shape index (κ1) is 12.9. The molecule has 1 N–H and O–H groups in total. The molecule has 0 aliphatic carbocycles. The minimum absolute atomic E-state index is 0.0713. The molecule has 1 unspecified atom stereocenters. The third-order valence-electron chi connectivity index (χ3n) is 2.07. The first-order chi connectivity index (χ1) is 7.61. The molecule has 1 amide bonds. The first-order valence-electron chi connectivity index (χ1n) is 4.92. The summed E-state index contributed by atoms with van der Waals surface area (Å²) in [6, 6.07) is 0. The highest BCUT2D eigenvalue weighted by Gasteiger charge is 2.06. The largest absolute Gasteiger partial charge is 0.382 e. The molecule has 1 atom stereocenters. The van der Waals surface area contributed by atoms with Crippen LogP contribution in [-0.4, -0.2) is 29.1 Å². The van der Waals surface area contributed by atoms with Gasteiger partial charge in [0, 0.05) is 13.5 Å². The molecular weight excluding hydrogens is 230 g/mol. The summed E-state index contributed by atoms with van der Waals surface area (Å²) in [7, 11) is 1.62. The van der Waals surface area contributed by atoms with Crippen molar-refractivity contribution in [3.8, 4) is 0 Å². The Morgan fingerprint density at radius 3 is 2.88 bits per heavy atom. The molecular formula is C10H14ClN3O2. The summed E-state index contributed by atoms with van der Waals surface area (Å²) >= 11 is 5.57. The third-order valence-corrected chi connectivity index (χ3v) is 2.26. The van der Waals surface area contributed by atoms with Gasteiger partial charge in [0.25, 0.3) is 0 Å². The van der Waals surface area contributed by atoms with E-state index in [0.29, 0.717) is 23.8 Å². The van der Waals surface area contributed by atoms with E-state index < -0.39 is 0 Å². The highest BCUT2D eigenvalue weighted by Crippen LogP contribution is 2.07. The third kappa shape index (κ3) is 4.55. The minimum atomic E-state index is -0.111. The maximum atomic E-state index is 11.5. The summed E-state index contributed by atoms with van der Waals surface area (Å²) in [6.45, 7) is 1.91. The summed E-state index contributed by atoms with van der Waals surface area (Å²) in [5, 5.41) is 2.92. The van der Waals surface area contributed by atoms with Gasteiger partial charge in [-0.1, -0.05) is 11.6 Å². The number of halogens is 1. The molecule has 5 nitrogen and oxygen atoms in total. The van der Waals surface area contributed by atoms with Crippen molar-refractivity contribution in [2.75, 3.05) is 12.4 Å². The Hall–Kier alpha value is -1.20. The van der Waals surface area contributed by atoms with Gasteiger partial charge in [-0.25, -0.2) is 9.97 Å². The standard InChI is InChI=1S/C10H14ClN3O2/c1-7(16-2)3-4-10(15)14-9-6-12-8(11)5-13-9/h5-7H,3-4H2,1-2H3,(H,13,14,15). The molecule has 0 fully saturated rings. The normalized spacial score (nSPS) is 12.2. The van der Waals surface area contributed by atoms with Crippen molar-refractivity contribution in [3.63, 3.8) is 0 Å². The van der Waals surface area contributed by atoms with Crippen LogP contribution < -0.4 is 5.32 Å². The van der Waals surface area contributed by atoms with Crippen LogP contribution in [0, 0.1) is 0 Å². The molecule has 0 aromatic carbocycles. The number of ether oxygens (including phenoxy) is 1. The number of rotatable bonds is 5. The van der Waals surface area contributed by atoms with E-state index >= 15 is 0 Å². The van der Waals surface area contributed by atoms with Gasteiger partial charge in [0.05, 0.1) is 18.5 Å². The summed E-state index contributed by atoms with van der Waals surface area (Å²) in [6.07, 6.45) is 3.93. The first-order valence-corrected chi connectivity index (χ1v) is 5.30. The monoisotopic (exact) mass is 243 g/mol. The van der Waals surface area contributed by atoms with Crippen LogP contribution in [0.2, 0.25) is 5.15 Å². The minimum Gasteiger partial charge on any atom is -0.382 e. The van der Waals surface area contributed by atoms with E-state index in [0.717, 1.165) is 0 Å². The molecule has 1 aromatic heterocycles. The van der Waals surface area contributed by atoms with E-state index in [1.807, 2.05) is 6.92 Å². The number of aromatic nitrogens is 2. The number of hydrogen-bond donors (Lipinski definition) is 1. The lowest BCUT2D eigenvalue weighted by atomic mass is 10.2. The summed E-state index contributed by atoms with van der Waals surface area (Å²) in [4.78, 5) is 19.2. The zero-order valence-electron chi connectivity index (χ0n) is 9.24. The van der Waals surface area contributed by atoms with Crippen molar-refractivity contribution < 1.29 is 9.53 Å². The van der Waals surface area contributed by atoms with Crippen LogP contribution >= 0.6 is 11.6 Å². The topological polar surface area (TPSA) is 64.1 Å². The van der Waals surface area contributed by atoms with Gasteiger partial charge in [0.2, 0.25) is 5.91 Å². The van der Waals surface area contributed by atoms with Crippen LogP contribution in [0.5, 0.6) is 0 Å². The van der Waals surface area contributed by atoms with E-state index in [9.17, 15) is 4.79 Å². The van der Waals surface area contributed by atoms with Crippen molar-refractivity contribution in [1.82, 2.24) is 9.97 Å². The van der Waals surface area contributed by atoms with E-state index in [1.165, 1.54) is 12.4 Å². The van der Waals surface area contributed by atoms with Crippen LogP contribution in [0.25, 0.3) is 0 Å². The Kier molecular flexibility index (Phi) is 5.14. The smallest absolute Gasteiger partial charge is 0.225 e. The molecule has 88 valence electrons. The van der Waals surface area contributed by atoms with Crippen LogP contribution in [0.15, 0.2) is 12.4 Å². The van der Waals surface area contributed by atoms with Gasteiger partial charge >= 0.3 is 0 Å². The lowest BCUT2D eigenvalue weighted by Gasteiger charge is -2.08. The Morgan fingerprint density at radius 1 is 1.56 bits per heavy atom. The van der Waals surface area contributed by atoms with Crippen LogP contribution in [0.4, 0.5) is 5.82 Å². The number of carbonyl (C=O) groups excluding carboxylic acids is 1. The molecule has 1 rings (SSSR count). The second kappa shape index (κ2) is 6.40. The number of amides is 1. The van der Waals surface area contributed by atoms with Gasteiger partial charge < -0.3 is 10.1 Å². The lowest BCUT2D eigenvalue weighted by molar-refractivity contribution is -0.116. The quantitative estimate of drug-likeness (QED) is 0.858. The number of carbonyl (C=O) groups is 1. The molecule has 16 heavy (non-hydrogen) atoms. The number of hydrogen-bond acceptors (Lipinski definition) is 4. The lowest BCUT2D eigenvalue weighted by Crippen LogP contribution is -2.15. The number of methoxy groups -OCH3 is 1. The SMILES string of the molecule is COC(C)CCC(=O)Nc1cnc(Cl)cn1. The average molecular weight is 244 g/mol. The molecule has 1 heterocycles. The highest BCUT2D eigenvalue weighted by atomic mass is 35.5.